The monoisotopic (exact) mass is 386 g/mol. The van der Waals surface area contributed by atoms with Crippen molar-refractivity contribution in [2.75, 3.05) is 5.32 Å². The average molecular weight is 386 g/mol. The number of aryl methyl sites for hydroxylation is 1. The number of amides is 2. The Morgan fingerprint density at radius 2 is 1.79 bits per heavy atom. The van der Waals surface area contributed by atoms with Gasteiger partial charge < -0.3 is 20.3 Å². The number of hydrogen-bond acceptors (Lipinski definition) is 5. The summed E-state index contributed by atoms with van der Waals surface area (Å²) in [4.78, 5) is 35.2. The summed E-state index contributed by atoms with van der Waals surface area (Å²) < 4.78 is 5.15. The predicted molar refractivity (Wildman–Crippen MR) is 102 cm³/mol. The highest BCUT2D eigenvalue weighted by Crippen LogP contribution is 2.17. The lowest BCUT2D eigenvalue weighted by molar-refractivity contribution is -0.141. The zero-order chi connectivity index (χ0) is 20.7. The zero-order valence-electron chi connectivity index (χ0n) is 15.5. The molecule has 2 aromatic rings. The molecule has 0 bridgehead atoms. The van der Waals surface area contributed by atoms with Crippen molar-refractivity contribution < 1.29 is 29.3 Å². The number of nitrogens with one attached hydrogen (secondary N) is 2. The number of benzene rings is 2. The fraction of sp³-hybridized carbons (Fsp3) is 0.250. The van der Waals surface area contributed by atoms with Gasteiger partial charge >= 0.3 is 12.1 Å². The van der Waals surface area contributed by atoms with Gasteiger partial charge in [0.25, 0.3) is 5.91 Å². The van der Waals surface area contributed by atoms with Crippen molar-refractivity contribution in [2.24, 2.45) is 0 Å². The molecule has 2 aromatic carbocycles. The fourth-order valence-electron chi connectivity index (χ4n) is 2.43. The summed E-state index contributed by atoms with van der Waals surface area (Å²) in [6, 6.07) is 12.3. The number of carbonyl (C=O) groups is 3. The molecule has 0 aliphatic rings. The second-order valence-electron chi connectivity index (χ2n) is 6.25. The molecule has 4 N–H and O–H groups in total. The SMILES string of the molecule is Cc1cc(C(=O)N[C@H](C(=O)O)[C@@H](C)O)ccc1NC(=O)OCc1ccccc1. The van der Waals surface area contributed by atoms with Crippen molar-refractivity contribution in [3.8, 4) is 0 Å². The average Bonchev–Trinajstić information content (AvgIpc) is 2.66. The summed E-state index contributed by atoms with van der Waals surface area (Å²) in [5, 5.41) is 23.3. The Bertz CT molecular complexity index is 851. The van der Waals surface area contributed by atoms with E-state index < -0.39 is 30.1 Å². The number of ether oxygens (including phenoxy) is 1. The van der Waals surface area contributed by atoms with Crippen LogP contribution in [0.4, 0.5) is 10.5 Å². The second-order valence-corrected chi connectivity index (χ2v) is 6.25. The van der Waals surface area contributed by atoms with Gasteiger partial charge in [-0.05, 0) is 43.2 Å². The number of aliphatic hydroxyl groups excluding tert-OH is 1. The molecule has 0 radical (unpaired) electrons. The molecule has 148 valence electrons. The highest BCUT2D eigenvalue weighted by molar-refractivity contribution is 5.97. The van der Waals surface area contributed by atoms with Crippen molar-refractivity contribution in [3.05, 3.63) is 65.2 Å². The first kappa shape index (κ1) is 20.9. The Balaban J connectivity index is 1.98. The quantitative estimate of drug-likeness (QED) is 0.579. The minimum Gasteiger partial charge on any atom is -0.480 e. The minimum atomic E-state index is -1.42. The number of carboxylic acid groups (broad SMARTS) is 1. The zero-order valence-corrected chi connectivity index (χ0v) is 15.5. The van der Waals surface area contributed by atoms with E-state index in [4.69, 9.17) is 9.84 Å². The van der Waals surface area contributed by atoms with Crippen LogP contribution in [0.3, 0.4) is 0 Å². The molecule has 0 saturated carbocycles. The van der Waals surface area contributed by atoms with Crippen molar-refractivity contribution in [3.63, 3.8) is 0 Å². The Hall–Kier alpha value is -3.39. The summed E-state index contributed by atoms with van der Waals surface area (Å²) in [7, 11) is 0. The summed E-state index contributed by atoms with van der Waals surface area (Å²) in [5.41, 5.74) is 2.10. The number of aliphatic hydroxyl groups is 1. The number of carboxylic acids is 1. The van der Waals surface area contributed by atoms with E-state index in [9.17, 15) is 19.5 Å². The molecule has 0 unspecified atom stereocenters. The number of anilines is 1. The van der Waals surface area contributed by atoms with Crippen molar-refractivity contribution in [2.45, 2.75) is 32.6 Å². The van der Waals surface area contributed by atoms with E-state index in [-0.39, 0.29) is 12.2 Å². The summed E-state index contributed by atoms with van der Waals surface area (Å²) >= 11 is 0. The lowest BCUT2D eigenvalue weighted by Crippen LogP contribution is -2.47. The van der Waals surface area contributed by atoms with Crippen LogP contribution in [0, 0.1) is 6.92 Å². The van der Waals surface area contributed by atoms with E-state index >= 15 is 0 Å². The molecular formula is C20H22N2O6. The first-order valence-corrected chi connectivity index (χ1v) is 8.58. The number of rotatable bonds is 7. The number of aliphatic carboxylic acids is 1. The van der Waals surface area contributed by atoms with E-state index in [0.29, 0.717) is 11.3 Å². The molecule has 28 heavy (non-hydrogen) atoms. The number of carbonyl (C=O) groups excluding carboxylic acids is 2. The van der Waals surface area contributed by atoms with Crippen molar-refractivity contribution in [1.82, 2.24) is 5.32 Å². The molecule has 8 nitrogen and oxygen atoms in total. The molecule has 0 heterocycles. The molecule has 0 aliphatic heterocycles. The van der Waals surface area contributed by atoms with Gasteiger partial charge in [0.15, 0.2) is 6.04 Å². The molecule has 2 atom stereocenters. The van der Waals surface area contributed by atoms with E-state index in [1.807, 2.05) is 30.3 Å². The van der Waals surface area contributed by atoms with Gasteiger partial charge in [0.05, 0.1) is 6.10 Å². The van der Waals surface area contributed by atoms with Crippen LogP contribution < -0.4 is 10.6 Å². The van der Waals surface area contributed by atoms with Gasteiger partial charge in [0.2, 0.25) is 0 Å². The summed E-state index contributed by atoms with van der Waals surface area (Å²) in [6.07, 6.45) is -1.88. The summed E-state index contributed by atoms with van der Waals surface area (Å²) in [6.45, 7) is 3.09. The Labute approximate surface area is 162 Å². The van der Waals surface area contributed by atoms with Gasteiger partial charge in [0.1, 0.15) is 6.61 Å². The van der Waals surface area contributed by atoms with Crippen LogP contribution in [-0.4, -0.2) is 40.3 Å². The Morgan fingerprint density at radius 1 is 1.11 bits per heavy atom. The molecule has 0 aliphatic carbocycles. The van der Waals surface area contributed by atoms with Gasteiger partial charge in [-0.25, -0.2) is 9.59 Å². The molecule has 2 amide bonds. The third kappa shape index (κ3) is 5.82. The first-order chi connectivity index (χ1) is 13.3. The Kier molecular flexibility index (Phi) is 7.11. The fourth-order valence-corrected chi connectivity index (χ4v) is 2.43. The highest BCUT2D eigenvalue weighted by atomic mass is 16.5. The van der Waals surface area contributed by atoms with Gasteiger partial charge in [-0.15, -0.1) is 0 Å². The molecule has 0 spiro atoms. The third-order valence-electron chi connectivity index (χ3n) is 3.97. The van der Waals surface area contributed by atoms with Gasteiger partial charge in [-0.2, -0.15) is 0 Å². The van der Waals surface area contributed by atoms with E-state index in [2.05, 4.69) is 10.6 Å². The van der Waals surface area contributed by atoms with Gasteiger partial charge in [0, 0.05) is 11.3 Å². The predicted octanol–water partition coefficient (Wildman–Crippen LogP) is 2.31. The van der Waals surface area contributed by atoms with Crippen LogP contribution in [0.15, 0.2) is 48.5 Å². The van der Waals surface area contributed by atoms with Crippen LogP contribution in [-0.2, 0) is 16.1 Å². The van der Waals surface area contributed by atoms with E-state index in [1.165, 1.54) is 25.1 Å². The maximum absolute atomic E-state index is 12.2. The van der Waals surface area contributed by atoms with Crippen LogP contribution in [0.25, 0.3) is 0 Å². The smallest absolute Gasteiger partial charge is 0.411 e. The largest absolute Gasteiger partial charge is 0.480 e. The normalized spacial score (nSPS) is 12.5. The number of hydrogen-bond donors (Lipinski definition) is 4. The third-order valence-corrected chi connectivity index (χ3v) is 3.97. The van der Waals surface area contributed by atoms with Crippen LogP contribution >= 0.6 is 0 Å². The maximum atomic E-state index is 12.2. The van der Waals surface area contributed by atoms with Crippen LogP contribution in [0.1, 0.15) is 28.4 Å². The Morgan fingerprint density at radius 3 is 2.36 bits per heavy atom. The standard InChI is InChI=1S/C20H22N2O6/c1-12-10-15(18(24)22-17(13(2)23)19(25)26)8-9-16(12)21-20(27)28-11-14-6-4-3-5-7-14/h3-10,13,17,23H,11H2,1-2H3,(H,21,27)(H,22,24)(H,25,26)/t13-,17+/m1/s1. The van der Waals surface area contributed by atoms with E-state index in [0.717, 1.165) is 5.56 Å². The molecule has 2 rings (SSSR count). The highest BCUT2D eigenvalue weighted by Gasteiger charge is 2.25. The van der Waals surface area contributed by atoms with Gasteiger partial charge in [-0.1, -0.05) is 30.3 Å². The van der Waals surface area contributed by atoms with Gasteiger partial charge in [-0.3, -0.25) is 10.1 Å². The van der Waals surface area contributed by atoms with Crippen molar-refractivity contribution in [1.29, 1.82) is 0 Å². The molecule has 8 heteroatoms. The lowest BCUT2D eigenvalue weighted by atomic mass is 10.1. The molecule has 0 fully saturated rings. The summed E-state index contributed by atoms with van der Waals surface area (Å²) in [5.74, 6) is -1.98. The maximum Gasteiger partial charge on any atom is 0.411 e. The second kappa shape index (κ2) is 9.52. The molecular weight excluding hydrogens is 364 g/mol. The molecule has 0 saturated heterocycles. The topological polar surface area (TPSA) is 125 Å². The lowest BCUT2D eigenvalue weighted by Gasteiger charge is -2.17. The first-order valence-electron chi connectivity index (χ1n) is 8.58. The minimum absolute atomic E-state index is 0.127. The van der Waals surface area contributed by atoms with Crippen molar-refractivity contribution >= 4 is 23.7 Å². The van der Waals surface area contributed by atoms with Crippen LogP contribution in [0.5, 0.6) is 0 Å². The van der Waals surface area contributed by atoms with E-state index in [1.54, 1.807) is 6.92 Å². The van der Waals surface area contributed by atoms with Crippen LogP contribution in [0.2, 0.25) is 0 Å². The molecule has 0 aromatic heterocycles.